The van der Waals surface area contributed by atoms with Gasteiger partial charge in [0.2, 0.25) is 0 Å². The second-order valence-corrected chi connectivity index (χ2v) is 6.54. The van der Waals surface area contributed by atoms with Crippen molar-refractivity contribution < 1.29 is 9.53 Å². The molecule has 0 atom stereocenters. The Labute approximate surface area is 161 Å². The molecule has 2 aromatic heterocycles. The Kier molecular flexibility index (Phi) is 4.60. The lowest BCUT2D eigenvalue weighted by Gasteiger charge is -2.09. The van der Waals surface area contributed by atoms with Gasteiger partial charge in [-0.3, -0.25) is 9.67 Å². The number of rotatable bonds is 4. The van der Waals surface area contributed by atoms with Gasteiger partial charge < -0.3 is 4.74 Å². The Morgan fingerprint density at radius 1 is 1.11 bits per heavy atom. The fraction of sp³-hybridized carbons (Fsp3) is 0.0952. The summed E-state index contributed by atoms with van der Waals surface area (Å²) in [7, 11) is 1.35. The lowest BCUT2D eigenvalue weighted by molar-refractivity contribution is 0.0602. The van der Waals surface area contributed by atoms with Gasteiger partial charge >= 0.3 is 5.97 Å². The number of nitrogens with zero attached hydrogens (tertiary/aromatic N) is 3. The molecular formula is C21H16ClN3O2. The standard InChI is InChI=1S/C21H16ClN3O2/c1-27-21(26)18-10-17(22)9-16-12-24-25(20(16)18)13-14-7-8-19(23-11-14)15-5-3-2-4-6-15/h2-12H,13H2,1H3. The van der Waals surface area contributed by atoms with E-state index >= 15 is 0 Å². The van der Waals surface area contributed by atoms with Crippen LogP contribution in [0.5, 0.6) is 0 Å². The number of fused-ring (bicyclic) bond motifs is 1. The van der Waals surface area contributed by atoms with Gasteiger partial charge in [0.1, 0.15) is 0 Å². The minimum atomic E-state index is -0.443. The summed E-state index contributed by atoms with van der Waals surface area (Å²) in [5.74, 6) is -0.443. The molecule has 0 aliphatic carbocycles. The first-order chi connectivity index (χ1) is 13.2. The van der Waals surface area contributed by atoms with Gasteiger partial charge in [-0.05, 0) is 23.8 Å². The summed E-state index contributed by atoms with van der Waals surface area (Å²) in [4.78, 5) is 16.7. The minimum Gasteiger partial charge on any atom is -0.465 e. The van der Waals surface area contributed by atoms with E-state index in [-0.39, 0.29) is 0 Å². The zero-order valence-electron chi connectivity index (χ0n) is 14.6. The molecule has 0 fully saturated rings. The van der Waals surface area contributed by atoms with Gasteiger partial charge in [0.05, 0.1) is 36.6 Å². The van der Waals surface area contributed by atoms with Crippen molar-refractivity contribution in [1.82, 2.24) is 14.8 Å². The third-order valence-electron chi connectivity index (χ3n) is 4.33. The smallest absolute Gasteiger partial charge is 0.340 e. The molecule has 4 aromatic rings. The van der Waals surface area contributed by atoms with E-state index in [2.05, 4.69) is 10.1 Å². The van der Waals surface area contributed by atoms with Gasteiger partial charge in [0.15, 0.2) is 0 Å². The van der Waals surface area contributed by atoms with Crippen molar-refractivity contribution in [3.63, 3.8) is 0 Å². The largest absolute Gasteiger partial charge is 0.465 e. The van der Waals surface area contributed by atoms with Crippen molar-refractivity contribution in [2.45, 2.75) is 6.54 Å². The molecule has 0 spiro atoms. The van der Waals surface area contributed by atoms with Gasteiger partial charge in [0, 0.05) is 22.2 Å². The average molecular weight is 378 g/mol. The predicted molar refractivity (Wildman–Crippen MR) is 105 cm³/mol. The molecule has 0 bridgehead atoms. The maximum Gasteiger partial charge on any atom is 0.340 e. The third-order valence-corrected chi connectivity index (χ3v) is 4.55. The number of pyridine rings is 1. The van der Waals surface area contributed by atoms with Crippen molar-refractivity contribution in [3.05, 3.63) is 83.1 Å². The van der Waals surface area contributed by atoms with Crippen LogP contribution in [0, 0.1) is 0 Å². The summed E-state index contributed by atoms with van der Waals surface area (Å²) >= 11 is 6.12. The first-order valence-electron chi connectivity index (χ1n) is 8.39. The van der Waals surface area contributed by atoms with E-state index < -0.39 is 5.97 Å². The molecule has 2 heterocycles. The number of aromatic nitrogens is 3. The number of benzene rings is 2. The Bertz CT molecular complexity index is 1110. The van der Waals surface area contributed by atoms with Crippen molar-refractivity contribution in [2.75, 3.05) is 7.11 Å². The highest BCUT2D eigenvalue weighted by Crippen LogP contribution is 2.25. The van der Waals surface area contributed by atoms with E-state index in [0.717, 1.165) is 22.2 Å². The normalized spacial score (nSPS) is 10.9. The van der Waals surface area contributed by atoms with Crippen LogP contribution >= 0.6 is 11.6 Å². The number of hydrogen-bond acceptors (Lipinski definition) is 4. The molecular weight excluding hydrogens is 362 g/mol. The third kappa shape index (κ3) is 3.41. The van der Waals surface area contributed by atoms with E-state index in [4.69, 9.17) is 16.3 Å². The highest BCUT2D eigenvalue weighted by molar-refractivity contribution is 6.32. The Morgan fingerprint density at radius 3 is 2.63 bits per heavy atom. The van der Waals surface area contributed by atoms with Crippen LogP contribution in [-0.2, 0) is 11.3 Å². The van der Waals surface area contributed by atoms with Crippen LogP contribution in [0.4, 0.5) is 0 Å². The molecule has 6 heteroatoms. The highest BCUT2D eigenvalue weighted by Gasteiger charge is 2.16. The SMILES string of the molecule is COC(=O)c1cc(Cl)cc2cnn(Cc3ccc(-c4ccccc4)nc3)c12. The summed E-state index contributed by atoms with van der Waals surface area (Å²) in [5.41, 5.74) is 4.04. The molecule has 0 aliphatic heterocycles. The molecule has 5 nitrogen and oxygen atoms in total. The Morgan fingerprint density at radius 2 is 1.93 bits per heavy atom. The van der Waals surface area contributed by atoms with E-state index in [1.807, 2.05) is 48.7 Å². The average Bonchev–Trinajstić information content (AvgIpc) is 3.10. The van der Waals surface area contributed by atoms with Crippen LogP contribution in [-0.4, -0.2) is 27.8 Å². The predicted octanol–water partition coefficient (Wildman–Crippen LogP) is 4.59. The zero-order chi connectivity index (χ0) is 18.8. The van der Waals surface area contributed by atoms with Crippen molar-refractivity contribution >= 4 is 28.5 Å². The van der Waals surface area contributed by atoms with Crippen LogP contribution in [0.15, 0.2) is 67.0 Å². The van der Waals surface area contributed by atoms with Crippen LogP contribution in [0.1, 0.15) is 15.9 Å². The molecule has 0 saturated carbocycles. The van der Waals surface area contributed by atoms with Gasteiger partial charge in [-0.25, -0.2) is 4.79 Å². The molecule has 0 amide bonds. The second-order valence-electron chi connectivity index (χ2n) is 6.10. The number of hydrogen-bond donors (Lipinski definition) is 0. The van der Waals surface area contributed by atoms with Crippen molar-refractivity contribution in [2.24, 2.45) is 0 Å². The second kappa shape index (κ2) is 7.21. The first-order valence-corrected chi connectivity index (χ1v) is 8.77. The van der Waals surface area contributed by atoms with Crippen molar-refractivity contribution in [1.29, 1.82) is 0 Å². The summed E-state index contributed by atoms with van der Waals surface area (Å²) in [6.45, 7) is 0.483. The monoisotopic (exact) mass is 377 g/mol. The highest BCUT2D eigenvalue weighted by atomic mass is 35.5. The summed E-state index contributed by atoms with van der Waals surface area (Å²) in [6, 6.07) is 17.4. The summed E-state index contributed by atoms with van der Waals surface area (Å²) < 4.78 is 6.65. The number of methoxy groups -OCH3 is 1. The van der Waals surface area contributed by atoms with Crippen LogP contribution in [0.25, 0.3) is 22.2 Å². The summed E-state index contributed by atoms with van der Waals surface area (Å²) in [6.07, 6.45) is 3.52. The molecule has 0 radical (unpaired) electrons. The van der Waals surface area contributed by atoms with Crippen LogP contribution in [0.2, 0.25) is 5.02 Å². The van der Waals surface area contributed by atoms with Gasteiger partial charge in [-0.1, -0.05) is 48.0 Å². The summed E-state index contributed by atoms with van der Waals surface area (Å²) in [5, 5.41) is 5.67. The maximum absolute atomic E-state index is 12.1. The first kappa shape index (κ1) is 17.2. The van der Waals surface area contributed by atoms with E-state index in [1.165, 1.54) is 7.11 Å². The van der Waals surface area contributed by atoms with Gasteiger partial charge in [-0.2, -0.15) is 5.10 Å². The Hall–Kier alpha value is -3.18. The molecule has 0 saturated heterocycles. The molecule has 0 aliphatic rings. The van der Waals surface area contributed by atoms with Gasteiger partial charge in [0.25, 0.3) is 0 Å². The molecule has 0 N–H and O–H groups in total. The maximum atomic E-state index is 12.1. The molecule has 4 rings (SSSR count). The fourth-order valence-electron chi connectivity index (χ4n) is 3.05. The topological polar surface area (TPSA) is 57.0 Å². The number of carbonyl (C=O) groups is 1. The number of esters is 1. The van der Waals surface area contributed by atoms with E-state index in [9.17, 15) is 4.79 Å². The fourth-order valence-corrected chi connectivity index (χ4v) is 3.28. The molecule has 27 heavy (non-hydrogen) atoms. The minimum absolute atomic E-state index is 0.395. The number of halogens is 1. The Balaban J connectivity index is 1.69. The number of carbonyl (C=O) groups excluding carboxylic acids is 1. The zero-order valence-corrected chi connectivity index (χ0v) is 15.3. The number of ether oxygens (including phenoxy) is 1. The van der Waals surface area contributed by atoms with Crippen LogP contribution < -0.4 is 0 Å². The quantitative estimate of drug-likeness (QED) is 0.488. The van der Waals surface area contributed by atoms with Crippen molar-refractivity contribution in [3.8, 4) is 11.3 Å². The van der Waals surface area contributed by atoms with Crippen LogP contribution in [0.3, 0.4) is 0 Å². The van der Waals surface area contributed by atoms with E-state index in [1.54, 1.807) is 23.0 Å². The molecule has 134 valence electrons. The van der Waals surface area contributed by atoms with Gasteiger partial charge in [-0.15, -0.1) is 0 Å². The lowest BCUT2D eigenvalue weighted by Crippen LogP contribution is -2.08. The van der Waals surface area contributed by atoms with E-state index in [0.29, 0.717) is 22.6 Å². The molecule has 0 unspecified atom stereocenters. The molecule has 2 aromatic carbocycles. The lowest BCUT2D eigenvalue weighted by atomic mass is 10.1.